The average Bonchev–Trinajstić information content (AvgIpc) is 2.99. The molecule has 0 radical (unpaired) electrons. The van der Waals surface area contributed by atoms with Crippen LogP contribution in [0.5, 0.6) is 5.75 Å². The van der Waals surface area contributed by atoms with Gasteiger partial charge in [-0.15, -0.1) is 0 Å². The van der Waals surface area contributed by atoms with Gasteiger partial charge >= 0.3 is 0 Å². The van der Waals surface area contributed by atoms with Crippen molar-refractivity contribution in [3.05, 3.63) is 29.8 Å². The fourth-order valence-electron chi connectivity index (χ4n) is 2.24. The van der Waals surface area contributed by atoms with Crippen molar-refractivity contribution < 1.29 is 4.74 Å². The van der Waals surface area contributed by atoms with Crippen LogP contribution in [0.2, 0.25) is 0 Å². The molecule has 2 saturated carbocycles. The SMILES string of the molecule is Cc1ccc(OC2C3C(C)C23)cc1. The van der Waals surface area contributed by atoms with Gasteiger partial charge < -0.3 is 4.74 Å². The number of ether oxygens (including phenoxy) is 1. The molecule has 2 unspecified atom stereocenters. The van der Waals surface area contributed by atoms with E-state index in [-0.39, 0.29) is 0 Å². The highest BCUT2D eigenvalue weighted by molar-refractivity contribution is 5.30. The van der Waals surface area contributed by atoms with E-state index in [1.54, 1.807) is 0 Å². The largest absolute Gasteiger partial charge is 0.490 e. The molecule has 1 heteroatoms. The Hall–Kier alpha value is -0.980. The molecule has 0 N–H and O–H groups in total. The Labute approximate surface area is 78.7 Å². The van der Waals surface area contributed by atoms with Gasteiger partial charge in [0.2, 0.25) is 0 Å². The predicted octanol–water partition coefficient (Wildman–Crippen LogP) is 2.64. The number of hydrogen-bond acceptors (Lipinski definition) is 1. The molecule has 2 aliphatic rings. The first-order valence-corrected chi connectivity index (χ1v) is 5.01. The average molecular weight is 174 g/mol. The van der Waals surface area contributed by atoms with Gasteiger partial charge in [0.15, 0.2) is 0 Å². The van der Waals surface area contributed by atoms with Gasteiger partial charge in [-0.1, -0.05) is 24.6 Å². The fourth-order valence-corrected chi connectivity index (χ4v) is 2.24. The highest BCUT2D eigenvalue weighted by Crippen LogP contribution is 2.68. The van der Waals surface area contributed by atoms with E-state index >= 15 is 0 Å². The van der Waals surface area contributed by atoms with Crippen LogP contribution in [0.15, 0.2) is 24.3 Å². The Morgan fingerprint density at radius 1 is 1.08 bits per heavy atom. The minimum absolute atomic E-state index is 0.553. The van der Waals surface area contributed by atoms with Crippen molar-refractivity contribution in [3.8, 4) is 5.75 Å². The van der Waals surface area contributed by atoms with Crippen LogP contribution in [0.1, 0.15) is 12.5 Å². The molecule has 0 spiro atoms. The molecule has 3 rings (SSSR count). The first-order chi connectivity index (χ1) is 6.27. The number of fused-ring (bicyclic) bond motifs is 1. The molecule has 0 saturated heterocycles. The summed E-state index contributed by atoms with van der Waals surface area (Å²) in [5.41, 5.74) is 1.29. The van der Waals surface area contributed by atoms with Crippen molar-refractivity contribution in [2.45, 2.75) is 20.0 Å². The van der Waals surface area contributed by atoms with Crippen molar-refractivity contribution in [2.24, 2.45) is 17.8 Å². The topological polar surface area (TPSA) is 9.23 Å². The summed E-state index contributed by atoms with van der Waals surface area (Å²) in [4.78, 5) is 0. The molecule has 0 aliphatic heterocycles. The lowest BCUT2D eigenvalue weighted by molar-refractivity contribution is 0.222. The lowest BCUT2D eigenvalue weighted by atomic mass is 10.2. The zero-order valence-electron chi connectivity index (χ0n) is 8.03. The zero-order valence-corrected chi connectivity index (χ0v) is 8.03. The molecule has 2 atom stereocenters. The second-order valence-corrected chi connectivity index (χ2v) is 4.41. The van der Waals surface area contributed by atoms with Gasteiger partial charge in [-0.3, -0.25) is 0 Å². The molecule has 2 fully saturated rings. The Balaban J connectivity index is 1.64. The summed E-state index contributed by atoms with van der Waals surface area (Å²) in [5.74, 6) is 3.76. The van der Waals surface area contributed by atoms with Gasteiger partial charge in [-0.05, 0) is 25.0 Å². The molecule has 0 heterocycles. The highest BCUT2D eigenvalue weighted by Gasteiger charge is 2.73. The van der Waals surface area contributed by atoms with Gasteiger partial charge in [0.1, 0.15) is 11.9 Å². The number of benzene rings is 1. The molecule has 0 aromatic heterocycles. The fraction of sp³-hybridized carbons (Fsp3) is 0.500. The Bertz CT molecular complexity index is 317. The van der Waals surface area contributed by atoms with Gasteiger partial charge in [0, 0.05) is 11.8 Å². The lowest BCUT2D eigenvalue weighted by Crippen LogP contribution is -2.11. The van der Waals surface area contributed by atoms with Gasteiger partial charge in [-0.2, -0.15) is 0 Å². The molecule has 1 nitrogen and oxygen atoms in total. The molecular weight excluding hydrogens is 160 g/mol. The van der Waals surface area contributed by atoms with Crippen LogP contribution >= 0.6 is 0 Å². The number of hydrogen-bond donors (Lipinski definition) is 0. The van der Waals surface area contributed by atoms with E-state index in [2.05, 4.69) is 38.1 Å². The predicted molar refractivity (Wildman–Crippen MR) is 51.7 cm³/mol. The van der Waals surface area contributed by atoms with E-state index in [1.807, 2.05) is 0 Å². The van der Waals surface area contributed by atoms with Gasteiger partial charge in [-0.25, -0.2) is 0 Å². The van der Waals surface area contributed by atoms with Crippen LogP contribution in [0.4, 0.5) is 0 Å². The molecule has 1 aromatic carbocycles. The smallest absolute Gasteiger partial charge is 0.119 e. The van der Waals surface area contributed by atoms with Crippen LogP contribution in [-0.4, -0.2) is 6.10 Å². The lowest BCUT2D eigenvalue weighted by Gasteiger charge is -2.11. The summed E-state index contributed by atoms with van der Waals surface area (Å²) in [6, 6.07) is 8.34. The second-order valence-electron chi connectivity index (χ2n) is 4.41. The minimum atomic E-state index is 0.553. The molecular formula is C12H14O. The molecule has 0 bridgehead atoms. The third-order valence-electron chi connectivity index (χ3n) is 3.43. The first kappa shape index (κ1) is 7.43. The summed E-state index contributed by atoms with van der Waals surface area (Å²) in [5, 5.41) is 0. The molecule has 0 amide bonds. The summed E-state index contributed by atoms with van der Waals surface area (Å²) in [6.07, 6.45) is 0.553. The molecule has 13 heavy (non-hydrogen) atoms. The van der Waals surface area contributed by atoms with E-state index in [0.29, 0.717) is 6.10 Å². The summed E-state index contributed by atoms with van der Waals surface area (Å²) < 4.78 is 5.81. The Morgan fingerprint density at radius 2 is 1.69 bits per heavy atom. The monoisotopic (exact) mass is 174 g/mol. The van der Waals surface area contributed by atoms with E-state index < -0.39 is 0 Å². The molecule has 68 valence electrons. The van der Waals surface area contributed by atoms with Crippen LogP contribution in [0, 0.1) is 24.7 Å². The minimum Gasteiger partial charge on any atom is -0.490 e. The van der Waals surface area contributed by atoms with Crippen LogP contribution in [0.25, 0.3) is 0 Å². The molecule has 1 aromatic rings. The van der Waals surface area contributed by atoms with Crippen molar-refractivity contribution in [3.63, 3.8) is 0 Å². The van der Waals surface area contributed by atoms with Gasteiger partial charge in [0.25, 0.3) is 0 Å². The third kappa shape index (κ3) is 1.06. The maximum Gasteiger partial charge on any atom is 0.119 e. The standard InChI is InChI=1S/C12H14O/c1-7-3-5-9(6-4-7)13-12-10-8(2)11(10)12/h3-6,8,10-12H,1-2H3. The van der Waals surface area contributed by atoms with Crippen LogP contribution in [-0.2, 0) is 0 Å². The summed E-state index contributed by atoms with van der Waals surface area (Å²) >= 11 is 0. The van der Waals surface area contributed by atoms with Crippen molar-refractivity contribution in [1.82, 2.24) is 0 Å². The van der Waals surface area contributed by atoms with E-state index in [4.69, 9.17) is 4.74 Å². The molecule has 2 aliphatic carbocycles. The zero-order chi connectivity index (χ0) is 9.00. The highest BCUT2D eigenvalue weighted by atomic mass is 16.5. The van der Waals surface area contributed by atoms with Crippen molar-refractivity contribution >= 4 is 0 Å². The maximum atomic E-state index is 5.81. The number of aryl methyl sites for hydroxylation is 1. The maximum absolute atomic E-state index is 5.81. The first-order valence-electron chi connectivity index (χ1n) is 5.01. The summed E-state index contributed by atoms with van der Waals surface area (Å²) in [7, 11) is 0. The van der Waals surface area contributed by atoms with Crippen LogP contribution < -0.4 is 4.74 Å². The van der Waals surface area contributed by atoms with E-state index in [0.717, 1.165) is 23.5 Å². The van der Waals surface area contributed by atoms with Crippen LogP contribution in [0.3, 0.4) is 0 Å². The quantitative estimate of drug-likeness (QED) is 0.669. The normalized spacial score (nSPS) is 39.5. The van der Waals surface area contributed by atoms with Crippen molar-refractivity contribution in [2.75, 3.05) is 0 Å². The Morgan fingerprint density at radius 3 is 2.23 bits per heavy atom. The third-order valence-corrected chi connectivity index (χ3v) is 3.43. The van der Waals surface area contributed by atoms with E-state index in [9.17, 15) is 0 Å². The van der Waals surface area contributed by atoms with E-state index in [1.165, 1.54) is 5.56 Å². The van der Waals surface area contributed by atoms with Crippen molar-refractivity contribution in [1.29, 1.82) is 0 Å². The Kier molecular flexibility index (Phi) is 1.30. The summed E-state index contributed by atoms with van der Waals surface area (Å²) in [6.45, 7) is 4.41. The van der Waals surface area contributed by atoms with Gasteiger partial charge in [0.05, 0.1) is 0 Å². The number of rotatable bonds is 2. The second kappa shape index (κ2) is 2.28.